The number of hydrogen-bond donors (Lipinski definition) is 0. The monoisotopic (exact) mass is 941 g/mol. The second-order valence-electron chi connectivity index (χ2n) is 22.4. The zero-order chi connectivity index (χ0) is 49.4. The smallest absolute Gasteiger partial charge is 0.156 e. The van der Waals surface area contributed by atoms with Crippen LogP contribution in [-0.2, 0) is 21.7 Å². The van der Waals surface area contributed by atoms with Gasteiger partial charge in [-0.15, -0.1) is 0 Å². The van der Waals surface area contributed by atoms with Crippen molar-refractivity contribution in [2.45, 2.75) is 63.2 Å². The molecule has 2 spiro atoms. The highest BCUT2D eigenvalue weighted by molar-refractivity contribution is 5.96. The maximum atomic E-state index is 7.58. The fourth-order valence-corrected chi connectivity index (χ4v) is 13.0. The number of para-hydroxylation sites is 5. The second kappa shape index (κ2) is 15.6. The van der Waals surface area contributed by atoms with Crippen LogP contribution in [0, 0.1) is 0 Å². The minimum atomic E-state index is -0.697. The highest BCUT2D eigenvalue weighted by atomic mass is 16.5. The van der Waals surface area contributed by atoms with Crippen LogP contribution >= 0.6 is 0 Å². The Morgan fingerprint density at radius 1 is 0.315 bits per heavy atom. The van der Waals surface area contributed by atoms with E-state index in [-0.39, 0.29) is 10.8 Å². The molecular weight excluding hydrogens is 887 g/mol. The van der Waals surface area contributed by atoms with Crippen molar-refractivity contribution in [3.8, 4) is 56.4 Å². The summed E-state index contributed by atoms with van der Waals surface area (Å²) in [5.74, 6) is 3.44. The molecule has 3 heteroatoms. The molecular formula is C70H55NO2. The van der Waals surface area contributed by atoms with Gasteiger partial charge in [0.2, 0.25) is 0 Å². The molecule has 0 N–H and O–H groups in total. The van der Waals surface area contributed by atoms with Gasteiger partial charge in [0, 0.05) is 33.5 Å². The number of benzene rings is 10. The topological polar surface area (TPSA) is 21.7 Å². The van der Waals surface area contributed by atoms with E-state index in [0.29, 0.717) is 0 Å². The summed E-state index contributed by atoms with van der Waals surface area (Å²) < 4.78 is 14.4. The highest BCUT2D eigenvalue weighted by Crippen LogP contribution is 2.66. The molecule has 0 saturated heterocycles. The fraction of sp³-hybridized carbons (Fsp3) is 0.143. The SMILES string of the molecule is CC(C)(C)c1ccc2c(c1)C1(c3ccccc3Oc3c(N(c4ccc5c(c4)C4(c6ccccc6Oc6ccccc64)c4ccccc4-5)c4ccccc4-c4ccccc4)cccc31)c1cc(C(C)(C)C)ccc1-2. The summed E-state index contributed by atoms with van der Waals surface area (Å²) in [6, 6.07) is 83.1. The second-order valence-corrected chi connectivity index (χ2v) is 22.4. The Morgan fingerprint density at radius 2 is 0.740 bits per heavy atom. The molecule has 0 saturated carbocycles. The zero-order valence-electron chi connectivity index (χ0n) is 42.1. The van der Waals surface area contributed by atoms with E-state index in [9.17, 15) is 0 Å². The maximum Gasteiger partial charge on any atom is 0.156 e. The Hall–Kier alpha value is -8.40. The number of hydrogen-bond acceptors (Lipinski definition) is 3. The summed E-state index contributed by atoms with van der Waals surface area (Å²) in [5, 5.41) is 0. The molecule has 2 aliphatic carbocycles. The Labute approximate surface area is 429 Å². The van der Waals surface area contributed by atoms with E-state index in [1.165, 1.54) is 55.6 Å². The Kier molecular flexibility index (Phi) is 9.24. The quantitative estimate of drug-likeness (QED) is 0.175. The largest absolute Gasteiger partial charge is 0.457 e. The molecule has 10 aromatic rings. The van der Waals surface area contributed by atoms with Crippen molar-refractivity contribution >= 4 is 17.1 Å². The summed E-state index contributed by atoms with van der Waals surface area (Å²) in [7, 11) is 0. The van der Waals surface area contributed by atoms with Gasteiger partial charge in [0.05, 0.1) is 22.2 Å². The number of anilines is 3. The van der Waals surface area contributed by atoms with Gasteiger partial charge in [0.1, 0.15) is 17.2 Å². The summed E-state index contributed by atoms with van der Waals surface area (Å²) >= 11 is 0. The zero-order valence-corrected chi connectivity index (χ0v) is 42.1. The third-order valence-electron chi connectivity index (χ3n) is 16.3. The van der Waals surface area contributed by atoms with Crippen LogP contribution in [-0.4, -0.2) is 0 Å². The van der Waals surface area contributed by atoms with E-state index in [1.807, 2.05) is 0 Å². The van der Waals surface area contributed by atoms with E-state index in [0.717, 1.165) is 73.4 Å². The predicted molar refractivity (Wildman–Crippen MR) is 299 cm³/mol. The fourth-order valence-electron chi connectivity index (χ4n) is 13.0. The van der Waals surface area contributed by atoms with Crippen molar-refractivity contribution in [2.75, 3.05) is 4.90 Å². The van der Waals surface area contributed by atoms with Gasteiger partial charge >= 0.3 is 0 Å². The number of ether oxygens (including phenoxy) is 2. The molecule has 0 aromatic heterocycles. The average molecular weight is 942 g/mol. The first-order chi connectivity index (χ1) is 35.5. The molecule has 352 valence electrons. The van der Waals surface area contributed by atoms with Crippen molar-refractivity contribution in [1.29, 1.82) is 0 Å². The molecule has 10 aromatic carbocycles. The van der Waals surface area contributed by atoms with Crippen LogP contribution in [0.15, 0.2) is 224 Å². The summed E-state index contributed by atoms with van der Waals surface area (Å²) in [4.78, 5) is 2.48. The molecule has 3 nitrogen and oxygen atoms in total. The van der Waals surface area contributed by atoms with Crippen molar-refractivity contribution in [3.05, 3.63) is 280 Å². The van der Waals surface area contributed by atoms with Crippen LogP contribution in [0.3, 0.4) is 0 Å². The van der Waals surface area contributed by atoms with Crippen LogP contribution in [0.4, 0.5) is 17.1 Å². The average Bonchev–Trinajstić information content (AvgIpc) is 3.86. The standard InChI is InChI=1S/C70H55NO2/c1-67(2,3)45-35-38-50-51-39-36-46(68(4,5)6)42-59(51)70(58(50)41-45)56-28-15-19-34-65(56)73-66-57(70)29-20-31-62(66)71(61-30-16-11-23-48(61)44-21-8-7-9-22-44)47-37-40-52-49-24-10-12-25-53(49)69(60(52)43-47)54-26-13-17-32-63(54)72-64-33-18-14-27-55(64)69/h7-43H,1-6H3. The highest BCUT2D eigenvalue weighted by Gasteiger charge is 2.54. The first kappa shape index (κ1) is 43.4. The van der Waals surface area contributed by atoms with E-state index < -0.39 is 10.8 Å². The molecule has 0 fully saturated rings. The Bertz CT molecular complexity index is 3790. The number of fused-ring (bicyclic) bond motifs is 18. The molecule has 14 rings (SSSR count). The molecule has 2 heterocycles. The lowest BCUT2D eigenvalue weighted by molar-refractivity contribution is 0.436. The van der Waals surface area contributed by atoms with Gasteiger partial charge in [-0.2, -0.15) is 0 Å². The van der Waals surface area contributed by atoms with Gasteiger partial charge in [0.25, 0.3) is 0 Å². The van der Waals surface area contributed by atoms with Crippen LogP contribution in [0.1, 0.15) is 97.2 Å². The van der Waals surface area contributed by atoms with Gasteiger partial charge < -0.3 is 14.4 Å². The van der Waals surface area contributed by atoms with Gasteiger partial charge in [-0.25, -0.2) is 0 Å². The lowest BCUT2D eigenvalue weighted by Crippen LogP contribution is -2.33. The Morgan fingerprint density at radius 3 is 1.33 bits per heavy atom. The van der Waals surface area contributed by atoms with Gasteiger partial charge in [-0.1, -0.05) is 224 Å². The van der Waals surface area contributed by atoms with Crippen LogP contribution in [0.2, 0.25) is 0 Å². The molecule has 0 unspecified atom stereocenters. The molecule has 0 atom stereocenters. The van der Waals surface area contributed by atoms with Crippen LogP contribution in [0.25, 0.3) is 33.4 Å². The van der Waals surface area contributed by atoms with Crippen molar-refractivity contribution < 1.29 is 9.47 Å². The Balaban J connectivity index is 1.09. The van der Waals surface area contributed by atoms with Gasteiger partial charge in [-0.3, -0.25) is 0 Å². The third kappa shape index (κ3) is 6.06. The summed E-state index contributed by atoms with van der Waals surface area (Å²) in [6.45, 7) is 13.9. The molecule has 73 heavy (non-hydrogen) atoms. The van der Waals surface area contributed by atoms with E-state index >= 15 is 0 Å². The van der Waals surface area contributed by atoms with E-state index in [2.05, 4.69) is 271 Å². The first-order valence-corrected chi connectivity index (χ1v) is 25.7. The predicted octanol–water partition coefficient (Wildman–Crippen LogP) is 18.4. The molecule has 0 radical (unpaired) electrons. The summed E-state index contributed by atoms with van der Waals surface area (Å²) in [6.07, 6.45) is 0. The van der Waals surface area contributed by atoms with Crippen molar-refractivity contribution in [1.82, 2.24) is 0 Å². The normalized spacial score (nSPS) is 14.6. The van der Waals surface area contributed by atoms with E-state index in [4.69, 9.17) is 9.47 Å². The minimum Gasteiger partial charge on any atom is -0.457 e. The minimum absolute atomic E-state index is 0.0784. The summed E-state index contributed by atoms with van der Waals surface area (Å²) in [5.41, 5.74) is 21.0. The maximum absolute atomic E-state index is 7.58. The molecule has 0 amide bonds. The van der Waals surface area contributed by atoms with Gasteiger partial charge in [-0.05, 0) is 114 Å². The lowest BCUT2D eigenvalue weighted by Gasteiger charge is -2.42. The molecule has 0 bridgehead atoms. The number of rotatable bonds is 4. The van der Waals surface area contributed by atoms with Crippen molar-refractivity contribution in [3.63, 3.8) is 0 Å². The van der Waals surface area contributed by atoms with Crippen LogP contribution < -0.4 is 14.4 Å². The molecule has 4 aliphatic rings. The third-order valence-corrected chi connectivity index (χ3v) is 16.3. The number of nitrogens with zero attached hydrogens (tertiary/aromatic N) is 1. The molecule has 2 aliphatic heterocycles. The first-order valence-electron chi connectivity index (χ1n) is 25.7. The van der Waals surface area contributed by atoms with E-state index in [1.54, 1.807) is 0 Å². The van der Waals surface area contributed by atoms with Crippen LogP contribution in [0.5, 0.6) is 23.0 Å². The van der Waals surface area contributed by atoms with Gasteiger partial charge in [0.15, 0.2) is 5.75 Å². The van der Waals surface area contributed by atoms with Crippen molar-refractivity contribution in [2.24, 2.45) is 0 Å². The lowest BCUT2D eigenvalue weighted by atomic mass is 9.64.